The number of aliphatic carboxylic acids is 1. The van der Waals surface area contributed by atoms with E-state index in [9.17, 15) is 4.79 Å². The minimum Gasteiger partial charge on any atom is 0 e. The predicted octanol–water partition coefficient (Wildman–Crippen LogP) is 7.50. The normalized spacial score (nSPS) is 28.2. The van der Waals surface area contributed by atoms with Gasteiger partial charge in [-0.15, -0.1) is 24.9 Å². The fourth-order valence-electron chi connectivity index (χ4n) is 4.91. The third-order valence-corrected chi connectivity index (χ3v) is 7.42. The molecular weight excluding hydrogens is 536 g/mol. The van der Waals surface area contributed by atoms with Crippen molar-refractivity contribution in [3.05, 3.63) is 44.8 Å². The van der Waals surface area contributed by atoms with Crippen molar-refractivity contribution < 1.29 is 27.3 Å². The number of thioether (sulfide) groups is 1. The smallest absolute Gasteiger partial charge is 0 e. The number of hydrogen-bond acceptors (Lipinski definition) is 3. The van der Waals surface area contributed by atoms with Crippen molar-refractivity contribution in [3.8, 4) is 0 Å². The van der Waals surface area contributed by atoms with Crippen LogP contribution in [-0.2, 0) is 31.0 Å². The molecule has 199 valence electrons. The summed E-state index contributed by atoms with van der Waals surface area (Å²) in [5.41, 5.74) is 1.81. The molecular formula is C23H39Cl2MnN5O2S-4. The van der Waals surface area contributed by atoms with Gasteiger partial charge in [-0.2, -0.15) is 37.3 Å². The molecule has 2 saturated carbocycles. The van der Waals surface area contributed by atoms with Crippen molar-refractivity contribution >= 4 is 37.9 Å². The summed E-state index contributed by atoms with van der Waals surface area (Å²) in [5, 5.41) is 29.0. The van der Waals surface area contributed by atoms with Gasteiger partial charge in [0.15, 0.2) is 0 Å². The summed E-state index contributed by atoms with van der Waals surface area (Å²) in [6.45, 7) is 2.70. The number of nitrogens with zero attached hydrogens (tertiary/aromatic N) is 5. The van der Waals surface area contributed by atoms with Gasteiger partial charge < -0.3 is 26.4 Å². The summed E-state index contributed by atoms with van der Waals surface area (Å²) in [6, 6.07) is 5.09. The van der Waals surface area contributed by atoms with Crippen LogP contribution >= 0.6 is 32.0 Å². The number of aromatic nitrogens is 1. The van der Waals surface area contributed by atoms with Crippen LogP contribution in [0.5, 0.6) is 0 Å². The van der Waals surface area contributed by atoms with Gasteiger partial charge in [0, 0.05) is 20.6 Å². The van der Waals surface area contributed by atoms with E-state index in [1.165, 1.54) is 37.4 Å². The van der Waals surface area contributed by atoms with Crippen molar-refractivity contribution in [2.24, 2.45) is 0 Å². The maximum absolute atomic E-state index is 11.1. The topological polar surface area (TPSA) is 107 Å². The molecule has 2 unspecified atom stereocenters. The third kappa shape index (κ3) is 9.75. The van der Waals surface area contributed by atoms with Crippen molar-refractivity contribution in [2.45, 2.75) is 93.5 Å². The standard InChI is InChI=1S/C23H33N5O2S.2ClH.Mn.3H2/c29-23(30)15-31-18-11-16-13-26-21-7-3-1-5-19(21)24-9-10-25-20-6-2-4-8-22(20)27-14-17(12-18)28-16;;;;;;/h11-12,19-22H,1-10,13-15H2,(H,29,30);2*1H;;3*1H/q-4;;;+2;;;/p-2/t19-,20?,21-,22?;;;;;;/m1....../s1. The van der Waals surface area contributed by atoms with Crippen LogP contribution in [-0.4, -0.2) is 59.1 Å². The Labute approximate surface area is 226 Å². The SMILES string of the molecule is O=C(O)CSc1cc2nc(c1)C[N-][C@@H]1CCCC[C@H]1[N-]CC[N-]C1CCCCC1[N-]C2.[Cl][Mn][Cl].[HH].[HH].[HH]. The number of fused-ring (bicyclic) bond motifs is 4. The number of rotatable bonds is 3. The van der Waals surface area contributed by atoms with Crippen molar-refractivity contribution in [1.82, 2.24) is 4.98 Å². The molecule has 0 amide bonds. The largest absolute Gasteiger partial charge is 0 e. The summed E-state index contributed by atoms with van der Waals surface area (Å²) < 4.78 is 0. The minimum atomic E-state index is -0.809. The average Bonchev–Trinajstić information content (AvgIpc) is 2.84. The van der Waals surface area contributed by atoms with Gasteiger partial charge in [-0.3, -0.25) is 9.78 Å². The molecule has 0 aromatic carbocycles. The van der Waals surface area contributed by atoms with Gasteiger partial charge in [-0.25, -0.2) is 0 Å². The molecule has 1 N–H and O–H groups in total. The molecule has 0 spiro atoms. The Morgan fingerprint density at radius 3 is 1.74 bits per heavy atom. The number of carboxylic acid groups (broad SMARTS) is 1. The summed E-state index contributed by atoms with van der Waals surface area (Å²) in [5.74, 6) is -0.763. The van der Waals surface area contributed by atoms with Crippen LogP contribution in [0.15, 0.2) is 17.0 Å². The van der Waals surface area contributed by atoms with Gasteiger partial charge in [0.1, 0.15) is 0 Å². The summed E-state index contributed by atoms with van der Waals surface area (Å²) in [4.78, 5) is 16.8. The van der Waals surface area contributed by atoms with Gasteiger partial charge >= 0.3 is 39.3 Å². The summed E-state index contributed by atoms with van der Waals surface area (Å²) in [6.07, 6.45) is 9.28. The maximum atomic E-state index is 11.1. The Hall–Kier alpha value is -0.0905. The second kappa shape index (κ2) is 15.9. The van der Waals surface area contributed by atoms with E-state index >= 15 is 0 Å². The van der Waals surface area contributed by atoms with E-state index in [2.05, 4.69) is 0 Å². The molecule has 4 rings (SSSR count). The first kappa shape index (κ1) is 28.5. The molecule has 11 heteroatoms. The minimum absolute atomic E-state index is 0. The molecule has 0 radical (unpaired) electrons. The van der Waals surface area contributed by atoms with Crippen molar-refractivity contribution in [1.29, 1.82) is 0 Å². The van der Waals surface area contributed by atoms with Crippen LogP contribution in [0.4, 0.5) is 0 Å². The number of pyridine rings is 1. The van der Waals surface area contributed by atoms with Gasteiger partial charge in [-0.1, -0.05) is 51.4 Å². The Morgan fingerprint density at radius 2 is 1.32 bits per heavy atom. The van der Waals surface area contributed by atoms with Crippen LogP contribution in [0, 0.1) is 0 Å². The number of hydrogen-bond donors (Lipinski definition) is 1. The Balaban J connectivity index is 0.00000206. The van der Waals surface area contributed by atoms with E-state index in [1.54, 1.807) is 0 Å². The second-order valence-electron chi connectivity index (χ2n) is 8.85. The Morgan fingerprint density at radius 1 is 0.912 bits per heavy atom. The monoisotopic (exact) mass is 574 g/mol. The van der Waals surface area contributed by atoms with Crippen LogP contribution in [0.25, 0.3) is 21.3 Å². The van der Waals surface area contributed by atoms with Crippen molar-refractivity contribution in [3.63, 3.8) is 0 Å². The molecule has 2 aliphatic carbocycles. The number of halogens is 2. The van der Waals surface area contributed by atoms with E-state index in [0.29, 0.717) is 25.2 Å². The molecule has 2 fully saturated rings. The fourth-order valence-corrected chi connectivity index (χ4v) is 5.64. The van der Waals surface area contributed by atoms with Crippen LogP contribution in [0.3, 0.4) is 0 Å². The molecule has 4 atom stereocenters. The van der Waals surface area contributed by atoms with E-state index < -0.39 is 5.97 Å². The van der Waals surface area contributed by atoms with Crippen LogP contribution in [0.2, 0.25) is 0 Å². The Kier molecular flexibility index (Phi) is 13.3. The number of carboxylic acids is 1. The van der Waals surface area contributed by atoms with Gasteiger partial charge in [0.05, 0.1) is 5.75 Å². The maximum Gasteiger partial charge on any atom is 0 e. The van der Waals surface area contributed by atoms with Gasteiger partial charge in [0.2, 0.25) is 0 Å². The van der Waals surface area contributed by atoms with Crippen LogP contribution < -0.4 is 0 Å². The predicted molar refractivity (Wildman–Crippen MR) is 143 cm³/mol. The molecule has 1 aromatic heterocycles. The van der Waals surface area contributed by atoms with E-state index in [1.807, 2.05) is 12.1 Å². The zero-order valence-electron chi connectivity index (χ0n) is 19.3. The third-order valence-electron chi connectivity index (χ3n) is 6.46. The van der Waals surface area contributed by atoms with E-state index in [4.69, 9.17) is 51.6 Å². The first-order chi connectivity index (χ1) is 16.6. The quantitative estimate of drug-likeness (QED) is 0.297. The summed E-state index contributed by atoms with van der Waals surface area (Å²) in [7, 11) is 9.59. The van der Waals surface area contributed by atoms with E-state index in [-0.39, 0.29) is 35.2 Å². The molecule has 1 aromatic rings. The molecule has 2 heterocycles. The van der Waals surface area contributed by atoms with Gasteiger partial charge in [-0.05, 0) is 12.1 Å². The Bertz CT molecular complexity index is 733. The molecule has 7 nitrogen and oxygen atoms in total. The van der Waals surface area contributed by atoms with Crippen LogP contribution in [0.1, 0.15) is 67.0 Å². The zero-order chi connectivity index (χ0) is 24.2. The second-order valence-corrected chi connectivity index (χ2v) is 11.9. The number of carbonyl (C=O) groups is 1. The van der Waals surface area contributed by atoms with Gasteiger partial charge in [0.25, 0.3) is 0 Å². The van der Waals surface area contributed by atoms with Crippen molar-refractivity contribution in [2.75, 3.05) is 18.8 Å². The molecule has 0 saturated heterocycles. The zero-order valence-corrected chi connectivity index (χ0v) is 22.8. The summed E-state index contributed by atoms with van der Waals surface area (Å²) >= 11 is 1.35. The van der Waals surface area contributed by atoms with E-state index in [0.717, 1.165) is 55.1 Å². The molecule has 3 aliphatic rings. The fraction of sp³-hybridized carbons (Fsp3) is 0.739. The molecule has 1 aliphatic heterocycles. The first-order valence-corrected chi connectivity index (χ1v) is 16.2. The molecule has 34 heavy (non-hydrogen) atoms. The first-order valence-electron chi connectivity index (χ1n) is 12.0. The average molecular weight is 576 g/mol. The molecule has 2 bridgehead atoms.